The average molecular weight is 280 g/mol. The number of fused-ring (bicyclic) bond motifs is 1. The number of aldehydes is 1. The van der Waals surface area contributed by atoms with E-state index in [1.54, 1.807) is 12.3 Å². The van der Waals surface area contributed by atoms with Crippen LogP contribution in [0.5, 0.6) is 0 Å². The lowest BCUT2D eigenvalue weighted by Crippen LogP contribution is -1.95. The lowest BCUT2D eigenvalue weighted by Gasteiger charge is -2.07. The van der Waals surface area contributed by atoms with Gasteiger partial charge in [0.1, 0.15) is 5.69 Å². The van der Waals surface area contributed by atoms with Crippen molar-refractivity contribution < 1.29 is 4.79 Å². The molecule has 0 saturated carbocycles. The van der Waals surface area contributed by atoms with E-state index < -0.39 is 0 Å². The van der Waals surface area contributed by atoms with E-state index in [0.29, 0.717) is 5.69 Å². The van der Waals surface area contributed by atoms with Gasteiger partial charge in [-0.3, -0.25) is 9.78 Å². The Morgan fingerprint density at radius 3 is 2.70 bits per heavy atom. The summed E-state index contributed by atoms with van der Waals surface area (Å²) in [6, 6.07) is 18.1. The summed E-state index contributed by atoms with van der Waals surface area (Å²) in [5.74, 6) is 0. The summed E-state index contributed by atoms with van der Waals surface area (Å²) in [5, 5.41) is 2.41. The number of carbonyl (C=O) groups is 1. The molecule has 98 valence electrons. The molecule has 0 bridgehead atoms. The molecule has 0 unspecified atom stereocenters. The quantitative estimate of drug-likeness (QED) is 0.575. The van der Waals surface area contributed by atoms with Crippen LogP contribution in [0.1, 0.15) is 10.5 Å². The molecule has 1 aromatic heterocycles. The summed E-state index contributed by atoms with van der Waals surface area (Å²) in [4.78, 5) is 16.0. The monoisotopic (exact) mass is 280 g/mol. The van der Waals surface area contributed by atoms with E-state index >= 15 is 0 Å². The van der Waals surface area contributed by atoms with E-state index in [1.807, 2.05) is 18.2 Å². The largest absolute Gasteiger partial charge is 0.324 e. The van der Waals surface area contributed by atoms with Crippen molar-refractivity contribution in [2.24, 2.45) is 0 Å². The van der Waals surface area contributed by atoms with Crippen LogP contribution in [0.25, 0.3) is 10.8 Å². The first-order valence-corrected chi connectivity index (χ1v) is 7.00. The van der Waals surface area contributed by atoms with E-state index in [9.17, 15) is 4.79 Å². The number of hydrogen-bond acceptors (Lipinski definition) is 4. The van der Waals surface area contributed by atoms with Gasteiger partial charge in [-0.05, 0) is 47.0 Å². The topological polar surface area (TPSA) is 42.0 Å². The average Bonchev–Trinajstić information content (AvgIpc) is 2.53. The Morgan fingerprint density at radius 1 is 1.00 bits per heavy atom. The van der Waals surface area contributed by atoms with Crippen molar-refractivity contribution in [3.05, 3.63) is 66.5 Å². The normalized spacial score (nSPS) is 10.4. The summed E-state index contributed by atoms with van der Waals surface area (Å²) < 4.78 is 3.17. The van der Waals surface area contributed by atoms with Crippen molar-refractivity contribution in [1.29, 1.82) is 0 Å². The van der Waals surface area contributed by atoms with Crippen LogP contribution in [0, 0.1) is 0 Å². The number of nitrogens with one attached hydrogen (secondary N) is 1. The van der Waals surface area contributed by atoms with Crippen molar-refractivity contribution in [2.45, 2.75) is 4.90 Å². The summed E-state index contributed by atoms with van der Waals surface area (Å²) in [7, 11) is 0. The fourth-order valence-corrected chi connectivity index (χ4v) is 2.66. The minimum Gasteiger partial charge on any atom is -0.324 e. The Hall–Kier alpha value is -2.33. The number of benzene rings is 2. The fourth-order valence-electron chi connectivity index (χ4n) is 1.94. The highest BCUT2D eigenvalue weighted by atomic mass is 32.2. The molecule has 0 radical (unpaired) electrons. The van der Waals surface area contributed by atoms with Gasteiger partial charge in [-0.1, -0.05) is 30.3 Å². The molecule has 0 fully saturated rings. The first-order chi connectivity index (χ1) is 9.86. The molecule has 1 heterocycles. The Labute approximate surface area is 121 Å². The van der Waals surface area contributed by atoms with Crippen LogP contribution in [0.15, 0.2) is 65.7 Å². The van der Waals surface area contributed by atoms with Crippen LogP contribution in [0.4, 0.5) is 5.69 Å². The molecule has 2 aromatic carbocycles. The highest BCUT2D eigenvalue weighted by Crippen LogP contribution is 2.25. The van der Waals surface area contributed by atoms with Crippen molar-refractivity contribution in [3.8, 4) is 0 Å². The van der Waals surface area contributed by atoms with Crippen LogP contribution in [-0.2, 0) is 0 Å². The molecule has 4 heteroatoms. The Kier molecular flexibility index (Phi) is 3.65. The molecule has 0 aliphatic carbocycles. The molecule has 20 heavy (non-hydrogen) atoms. The van der Waals surface area contributed by atoms with E-state index in [0.717, 1.165) is 16.9 Å². The molecule has 0 saturated heterocycles. The summed E-state index contributed by atoms with van der Waals surface area (Å²) in [6.07, 6.45) is 2.36. The predicted octanol–water partition coefficient (Wildman–Crippen LogP) is 4.17. The number of aromatic nitrogens is 1. The molecule has 0 aliphatic heterocycles. The number of pyridine rings is 1. The molecular weight excluding hydrogens is 268 g/mol. The Bertz CT molecular complexity index is 758. The first kappa shape index (κ1) is 12.7. The van der Waals surface area contributed by atoms with Gasteiger partial charge in [0.25, 0.3) is 0 Å². The van der Waals surface area contributed by atoms with Crippen LogP contribution in [0.3, 0.4) is 0 Å². The summed E-state index contributed by atoms with van der Waals surface area (Å²) in [5.41, 5.74) is 1.14. The Morgan fingerprint density at radius 2 is 1.85 bits per heavy atom. The second-order valence-electron chi connectivity index (χ2n) is 4.27. The van der Waals surface area contributed by atoms with E-state index in [-0.39, 0.29) is 0 Å². The second kappa shape index (κ2) is 5.75. The molecular formula is C16H12N2OS. The van der Waals surface area contributed by atoms with Gasteiger partial charge in [-0.25, -0.2) is 0 Å². The van der Waals surface area contributed by atoms with Gasteiger partial charge >= 0.3 is 0 Å². The predicted molar refractivity (Wildman–Crippen MR) is 83.1 cm³/mol. The standard InChI is InChI=1S/C16H12N2OS/c19-11-16-15(6-3-9-17-16)18-20-14-8-7-12-4-1-2-5-13(12)10-14/h1-11,18H. The lowest BCUT2D eigenvalue weighted by atomic mass is 10.1. The third kappa shape index (κ3) is 2.65. The third-order valence-electron chi connectivity index (χ3n) is 2.95. The third-order valence-corrected chi connectivity index (χ3v) is 3.76. The van der Waals surface area contributed by atoms with Crippen LogP contribution in [0.2, 0.25) is 0 Å². The van der Waals surface area contributed by atoms with Crippen molar-refractivity contribution in [3.63, 3.8) is 0 Å². The lowest BCUT2D eigenvalue weighted by molar-refractivity contribution is 0.112. The number of anilines is 1. The van der Waals surface area contributed by atoms with E-state index in [4.69, 9.17) is 0 Å². The van der Waals surface area contributed by atoms with Crippen LogP contribution in [-0.4, -0.2) is 11.3 Å². The zero-order valence-electron chi connectivity index (χ0n) is 10.6. The maximum atomic E-state index is 10.9. The van der Waals surface area contributed by atoms with Crippen molar-refractivity contribution in [2.75, 3.05) is 4.72 Å². The molecule has 3 rings (SSSR count). The zero-order valence-corrected chi connectivity index (χ0v) is 11.4. The number of hydrogen-bond donors (Lipinski definition) is 1. The van der Waals surface area contributed by atoms with E-state index in [1.165, 1.54) is 22.7 Å². The van der Waals surface area contributed by atoms with Gasteiger partial charge in [-0.15, -0.1) is 0 Å². The maximum Gasteiger partial charge on any atom is 0.170 e. The highest BCUT2D eigenvalue weighted by Gasteiger charge is 2.02. The SMILES string of the molecule is O=Cc1ncccc1NSc1ccc2ccccc2c1. The first-order valence-electron chi connectivity index (χ1n) is 6.19. The fraction of sp³-hybridized carbons (Fsp3) is 0. The number of carbonyl (C=O) groups excluding carboxylic acids is 1. The van der Waals surface area contributed by atoms with Crippen molar-refractivity contribution in [1.82, 2.24) is 4.98 Å². The minimum absolute atomic E-state index is 0.417. The van der Waals surface area contributed by atoms with Gasteiger partial charge in [0, 0.05) is 11.1 Å². The number of nitrogens with zero attached hydrogens (tertiary/aromatic N) is 1. The van der Waals surface area contributed by atoms with Gasteiger partial charge in [0.15, 0.2) is 6.29 Å². The molecule has 3 aromatic rings. The highest BCUT2D eigenvalue weighted by molar-refractivity contribution is 8.00. The summed E-state index contributed by atoms with van der Waals surface area (Å²) in [6.45, 7) is 0. The zero-order chi connectivity index (χ0) is 13.8. The molecule has 0 amide bonds. The second-order valence-corrected chi connectivity index (χ2v) is 5.15. The van der Waals surface area contributed by atoms with Gasteiger partial charge < -0.3 is 4.72 Å². The molecule has 1 N–H and O–H groups in total. The Balaban J connectivity index is 1.81. The maximum absolute atomic E-state index is 10.9. The molecule has 0 spiro atoms. The minimum atomic E-state index is 0.417. The van der Waals surface area contributed by atoms with Crippen LogP contribution < -0.4 is 4.72 Å². The molecule has 3 nitrogen and oxygen atoms in total. The smallest absolute Gasteiger partial charge is 0.170 e. The van der Waals surface area contributed by atoms with Crippen molar-refractivity contribution >= 4 is 34.7 Å². The van der Waals surface area contributed by atoms with Crippen LogP contribution >= 0.6 is 11.9 Å². The van der Waals surface area contributed by atoms with E-state index in [2.05, 4.69) is 40.0 Å². The van der Waals surface area contributed by atoms with Gasteiger partial charge in [-0.2, -0.15) is 0 Å². The molecule has 0 atom stereocenters. The number of rotatable bonds is 4. The molecule has 0 aliphatic rings. The van der Waals surface area contributed by atoms with Gasteiger partial charge in [0.05, 0.1) is 5.69 Å². The van der Waals surface area contributed by atoms with Gasteiger partial charge in [0.2, 0.25) is 0 Å². The summed E-state index contributed by atoms with van der Waals surface area (Å²) >= 11 is 1.47.